The molecular formula is C28H25NO8S2. The standard InChI is InChI=1S/C28H25NO8S2/c1-16-11-13-18(14-12-16)39(33,34)38-28-22(29-25(31)19-9-5-6-10-20(19)26(29)32)23(30)24-21(36-28)15-35-27(37-24)17-7-3-2-4-8-17/h2-14,21-24,27-28,30H,15H2,1H3/t21-,22-,23-,24-,27?,28+/m1/s1. The smallest absolute Gasteiger partial charge is 0.262 e. The molecule has 0 aliphatic carbocycles. The van der Waals surface area contributed by atoms with E-state index in [2.05, 4.69) is 0 Å². The van der Waals surface area contributed by atoms with Gasteiger partial charge in [-0.15, -0.1) is 0 Å². The van der Waals surface area contributed by atoms with Gasteiger partial charge < -0.3 is 19.3 Å². The minimum absolute atomic E-state index is 0.0117. The van der Waals surface area contributed by atoms with E-state index in [0.29, 0.717) is 10.8 Å². The number of carbonyl (C=O) groups excluding carboxylic acids is 2. The van der Waals surface area contributed by atoms with Crippen molar-refractivity contribution in [3.05, 3.63) is 101 Å². The molecule has 6 atom stereocenters. The summed E-state index contributed by atoms with van der Waals surface area (Å²) in [4.78, 5) is 27.8. The van der Waals surface area contributed by atoms with Crippen LogP contribution in [0, 0.1) is 6.92 Å². The van der Waals surface area contributed by atoms with E-state index in [0.717, 1.165) is 16.0 Å². The molecule has 6 rings (SSSR count). The molecule has 3 aliphatic heterocycles. The molecule has 1 unspecified atom stereocenters. The Kier molecular flexibility index (Phi) is 6.82. The number of ether oxygens (including phenoxy) is 3. The molecule has 0 spiro atoms. The largest absolute Gasteiger partial charge is 0.388 e. The van der Waals surface area contributed by atoms with Gasteiger partial charge in [-0.2, -0.15) is 0 Å². The normalized spacial score (nSPS) is 28.7. The van der Waals surface area contributed by atoms with E-state index in [-0.39, 0.29) is 22.6 Å². The predicted molar refractivity (Wildman–Crippen MR) is 141 cm³/mol. The Morgan fingerprint density at radius 1 is 0.872 bits per heavy atom. The molecule has 2 saturated heterocycles. The SMILES string of the molecule is Cc1ccc(S(=O)(=O)S[C@@H]2O[C@@H]3COC(c4ccccc4)O[C@H]3[C@H](O)[C@H]2N2C(=O)c3ccccc3C2=O)cc1. The van der Waals surface area contributed by atoms with Gasteiger partial charge in [-0.25, -0.2) is 8.42 Å². The number of aliphatic hydroxyl groups excluding tert-OH is 1. The first-order chi connectivity index (χ1) is 18.7. The number of amides is 2. The van der Waals surface area contributed by atoms with Gasteiger partial charge >= 0.3 is 0 Å². The van der Waals surface area contributed by atoms with Crippen LogP contribution in [-0.2, 0) is 23.1 Å². The first-order valence-electron chi connectivity index (χ1n) is 12.4. The molecule has 1 N–H and O–H groups in total. The summed E-state index contributed by atoms with van der Waals surface area (Å²) in [7, 11) is -3.56. The number of imide groups is 1. The van der Waals surface area contributed by atoms with Crippen LogP contribution in [0.1, 0.15) is 38.1 Å². The highest BCUT2D eigenvalue weighted by atomic mass is 33.1. The molecule has 3 aromatic carbocycles. The van der Waals surface area contributed by atoms with Gasteiger partial charge in [-0.3, -0.25) is 14.5 Å². The molecular weight excluding hydrogens is 542 g/mol. The number of rotatable bonds is 5. The maximum atomic E-state index is 13.4. The monoisotopic (exact) mass is 567 g/mol. The van der Waals surface area contributed by atoms with Crippen LogP contribution in [0.4, 0.5) is 0 Å². The summed E-state index contributed by atoms with van der Waals surface area (Å²) in [6.45, 7) is 1.85. The second-order valence-electron chi connectivity index (χ2n) is 9.59. The highest BCUT2D eigenvalue weighted by molar-refractivity contribution is 8.72. The van der Waals surface area contributed by atoms with Crippen molar-refractivity contribution >= 4 is 31.5 Å². The van der Waals surface area contributed by atoms with E-state index >= 15 is 0 Å². The fraction of sp³-hybridized carbons (Fsp3) is 0.286. The lowest BCUT2D eigenvalue weighted by molar-refractivity contribution is -0.309. The van der Waals surface area contributed by atoms with Gasteiger partial charge in [-0.1, -0.05) is 60.2 Å². The average molecular weight is 568 g/mol. The first-order valence-corrected chi connectivity index (χ1v) is 15.2. The number of fused-ring (bicyclic) bond motifs is 2. The molecule has 39 heavy (non-hydrogen) atoms. The Morgan fingerprint density at radius 3 is 2.13 bits per heavy atom. The van der Waals surface area contributed by atoms with Crippen LogP contribution >= 0.6 is 10.8 Å². The Labute approximate surface area is 229 Å². The van der Waals surface area contributed by atoms with E-state index in [4.69, 9.17) is 14.2 Å². The second-order valence-corrected chi connectivity index (χ2v) is 13.5. The molecule has 0 aromatic heterocycles. The number of carbonyl (C=O) groups is 2. The maximum absolute atomic E-state index is 13.4. The summed E-state index contributed by atoms with van der Waals surface area (Å²) in [5.41, 5.74) is 0.655. The van der Waals surface area contributed by atoms with Gasteiger partial charge in [-0.05, 0) is 31.2 Å². The number of nitrogens with zero attached hydrogens (tertiary/aromatic N) is 1. The molecule has 3 heterocycles. The number of hydrogen-bond acceptors (Lipinski definition) is 9. The number of aliphatic hydroxyl groups is 1. The Bertz CT molecular complexity index is 1480. The maximum Gasteiger partial charge on any atom is 0.262 e. The van der Waals surface area contributed by atoms with Crippen LogP contribution in [-0.4, -0.2) is 66.6 Å². The zero-order chi connectivity index (χ0) is 27.3. The van der Waals surface area contributed by atoms with Crippen LogP contribution in [0.25, 0.3) is 0 Å². The molecule has 2 fully saturated rings. The van der Waals surface area contributed by atoms with Crippen molar-refractivity contribution in [2.24, 2.45) is 0 Å². The van der Waals surface area contributed by atoms with Gasteiger partial charge in [0, 0.05) is 16.4 Å². The molecule has 3 aliphatic rings. The summed E-state index contributed by atoms with van der Waals surface area (Å²) < 4.78 is 44.9. The molecule has 0 saturated carbocycles. The number of aryl methyl sites for hydroxylation is 1. The van der Waals surface area contributed by atoms with Crippen molar-refractivity contribution in [3.8, 4) is 0 Å². The van der Waals surface area contributed by atoms with E-state index in [1.807, 2.05) is 37.3 Å². The Balaban J connectivity index is 1.36. The van der Waals surface area contributed by atoms with Crippen LogP contribution in [0.2, 0.25) is 0 Å². The van der Waals surface area contributed by atoms with E-state index in [9.17, 15) is 23.1 Å². The minimum Gasteiger partial charge on any atom is -0.388 e. The van der Waals surface area contributed by atoms with Gasteiger partial charge in [0.2, 0.25) is 8.87 Å². The van der Waals surface area contributed by atoms with E-state index in [1.165, 1.54) is 24.3 Å². The van der Waals surface area contributed by atoms with Crippen LogP contribution < -0.4 is 0 Å². The van der Waals surface area contributed by atoms with Crippen molar-refractivity contribution in [3.63, 3.8) is 0 Å². The summed E-state index contributed by atoms with van der Waals surface area (Å²) >= 11 is 0. The highest BCUT2D eigenvalue weighted by Gasteiger charge is 2.56. The Hall–Kier alpha value is -3.06. The van der Waals surface area contributed by atoms with E-state index in [1.54, 1.807) is 24.3 Å². The number of hydrogen-bond donors (Lipinski definition) is 1. The lowest BCUT2D eigenvalue weighted by atomic mass is 9.95. The third-order valence-electron chi connectivity index (χ3n) is 7.06. The molecule has 2 amide bonds. The molecule has 202 valence electrons. The van der Waals surface area contributed by atoms with Crippen LogP contribution in [0.5, 0.6) is 0 Å². The summed E-state index contributed by atoms with van der Waals surface area (Å²) in [5.74, 6) is -1.27. The molecule has 0 bridgehead atoms. The fourth-order valence-electron chi connectivity index (χ4n) is 5.07. The minimum atomic E-state index is -4.01. The first kappa shape index (κ1) is 26.2. The fourth-order valence-corrected chi connectivity index (χ4v) is 8.38. The predicted octanol–water partition coefficient (Wildman–Crippen LogP) is 3.28. The zero-order valence-corrected chi connectivity index (χ0v) is 22.4. The summed E-state index contributed by atoms with van der Waals surface area (Å²) in [6.07, 6.45) is -4.09. The third-order valence-corrected chi connectivity index (χ3v) is 10.6. The molecule has 11 heteroatoms. The average Bonchev–Trinajstić information content (AvgIpc) is 3.19. The highest BCUT2D eigenvalue weighted by Crippen LogP contribution is 2.43. The van der Waals surface area contributed by atoms with Crippen LogP contribution in [0.15, 0.2) is 83.8 Å². The van der Waals surface area contributed by atoms with Gasteiger partial charge in [0.05, 0.1) is 22.6 Å². The van der Waals surface area contributed by atoms with Gasteiger partial charge in [0.15, 0.2) is 6.29 Å². The van der Waals surface area contributed by atoms with Gasteiger partial charge in [0.25, 0.3) is 11.8 Å². The lowest BCUT2D eigenvalue weighted by Crippen LogP contribution is -2.66. The lowest BCUT2D eigenvalue weighted by Gasteiger charge is -2.49. The van der Waals surface area contributed by atoms with Crippen molar-refractivity contribution < 1.29 is 37.3 Å². The van der Waals surface area contributed by atoms with E-state index < -0.39 is 56.8 Å². The second kappa shape index (κ2) is 10.2. The molecule has 3 aromatic rings. The topological polar surface area (TPSA) is 119 Å². The number of benzene rings is 3. The van der Waals surface area contributed by atoms with Crippen molar-refractivity contribution in [2.45, 2.75) is 47.9 Å². The molecule has 0 radical (unpaired) electrons. The third kappa shape index (κ3) is 4.69. The summed E-state index contributed by atoms with van der Waals surface area (Å²) in [6, 6.07) is 20.4. The van der Waals surface area contributed by atoms with Crippen molar-refractivity contribution in [1.82, 2.24) is 4.90 Å². The quantitative estimate of drug-likeness (QED) is 0.366. The molecule has 9 nitrogen and oxygen atoms in total. The van der Waals surface area contributed by atoms with Gasteiger partial charge in [0.1, 0.15) is 29.8 Å². The van der Waals surface area contributed by atoms with Crippen LogP contribution in [0.3, 0.4) is 0 Å². The van der Waals surface area contributed by atoms with Crippen molar-refractivity contribution in [1.29, 1.82) is 0 Å². The van der Waals surface area contributed by atoms with Crippen molar-refractivity contribution in [2.75, 3.05) is 6.61 Å². The Morgan fingerprint density at radius 2 is 1.49 bits per heavy atom. The zero-order valence-electron chi connectivity index (χ0n) is 20.7. The summed E-state index contributed by atoms with van der Waals surface area (Å²) in [5, 5.41) is 11.7.